The topological polar surface area (TPSA) is 60.2 Å². The van der Waals surface area contributed by atoms with Crippen LogP contribution in [0.15, 0.2) is 57.9 Å². The van der Waals surface area contributed by atoms with Crippen molar-refractivity contribution in [1.29, 1.82) is 0 Å². The molecule has 0 amide bonds. The van der Waals surface area contributed by atoms with Crippen molar-refractivity contribution in [3.63, 3.8) is 0 Å². The zero-order valence-corrected chi connectivity index (χ0v) is 13.5. The first kappa shape index (κ1) is 15.2. The highest BCUT2D eigenvalue weighted by molar-refractivity contribution is 9.10. The molecule has 3 nitrogen and oxygen atoms in total. The minimum Gasteiger partial charge on any atom is -0.324 e. The lowest BCUT2D eigenvalue weighted by Crippen LogP contribution is -2.13. The third-order valence-corrected chi connectivity index (χ3v) is 4.76. The van der Waals surface area contributed by atoms with Crippen LogP contribution in [0.4, 0.5) is 0 Å². The summed E-state index contributed by atoms with van der Waals surface area (Å²) in [7, 11) is -3.15. The van der Waals surface area contributed by atoms with Gasteiger partial charge in [0, 0.05) is 16.8 Å². The van der Waals surface area contributed by atoms with Crippen molar-refractivity contribution in [2.45, 2.75) is 17.4 Å². The highest BCUT2D eigenvalue weighted by Crippen LogP contribution is 2.19. The standard InChI is InChI=1S/C15H16BrNO2S/c1-20(18,19)14-8-4-12(5-9-14)15(17)10-11-2-6-13(16)7-3-11/h2-9,15H,10,17H2,1H3. The number of rotatable bonds is 4. The summed E-state index contributed by atoms with van der Waals surface area (Å²) >= 11 is 3.39. The molecule has 0 aliphatic rings. The third-order valence-electron chi connectivity index (χ3n) is 3.11. The van der Waals surface area contributed by atoms with E-state index in [0.717, 1.165) is 15.6 Å². The van der Waals surface area contributed by atoms with E-state index in [-0.39, 0.29) is 6.04 Å². The second kappa shape index (κ2) is 6.08. The van der Waals surface area contributed by atoms with Crippen LogP contribution in [0.25, 0.3) is 0 Å². The zero-order valence-electron chi connectivity index (χ0n) is 11.1. The molecule has 2 rings (SSSR count). The van der Waals surface area contributed by atoms with E-state index in [2.05, 4.69) is 15.9 Å². The molecule has 0 aliphatic carbocycles. The molecule has 0 aliphatic heterocycles. The van der Waals surface area contributed by atoms with Gasteiger partial charge in [0.1, 0.15) is 0 Å². The second-order valence-corrected chi connectivity index (χ2v) is 7.71. The summed E-state index contributed by atoms with van der Waals surface area (Å²) in [6.45, 7) is 0. The first-order chi connectivity index (χ1) is 9.36. The van der Waals surface area contributed by atoms with Crippen LogP contribution in [-0.2, 0) is 16.3 Å². The predicted octanol–water partition coefficient (Wildman–Crippen LogP) is 3.10. The molecule has 0 bridgehead atoms. The molecular formula is C15H16BrNO2S. The Morgan fingerprint density at radius 2 is 1.60 bits per heavy atom. The Kier molecular flexibility index (Phi) is 4.62. The Balaban J connectivity index is 2.13. The Morgan fingerprint density at radius 3 is 2.10 bits per heavy atom. The van der Waals surface area contributed by atoms with Gasteiger partial charge in [-0.25, -0.2) is 8.42 Å². The molecule has 0 radical (unpaired) electrons. The largest absolute Gasteiger partial charge is 0.324 e. The molecule has 0 saturated carbocycles. The van der Waals surface area contributed by atoms with Gasteiger partial charge in [0.2, 0.25) is 0 Å². The summed E-state index contributed by atoms with van der Waals surface area (Å²) in [4.78, 5) is 0.317. The van der Waals surface area contributed by atoms with Gasteiger partial charge in [-0.3, -0.25) is 0 Å². The van der Waals surface area contributed by atoms with E-state index in [1.807, 2.05) is 24.3 Å². The normalized spacial score (nSPS) is 13.2. The number of hydrogen-bond donors (Lipinski definition) is 1. The monoisotopic (exact) mass is 353 g/mol. The van der Waals surface area contributed by atoms with Gasteiger partial charge in [-0.2, -0.15) is 0 Å². The van der Waals surface area contributed by atoms with Crippen LogP contribution in [0.2, 0.25) is 0 Å². The van der Waals surface area contributed by atoms with E-state index < -0.39 is 9.84 Å². The molecule has 1 unspecified atom stereocenters. The van der Waals surface area contributed by atoms with Gasteiger partial charge >= 0.3 is 0 Å². The lowest BCUT2D eigenvalue weighted by molar-refractivity contribution is 0.601. The summed E-state index contributed by atoms with van der Waals surface area (Å²) in [5.41, 5.74) is 8.24. The van der Waals surface area contributed by atoms with Gasteiger partial charge < -0.3 is 5.73 Å². The quantitative estimate of drug-likeness (QED) is 0.918. The molecule has 20 heavy (non-hydrogen) atoms. The molecule has 0 aromatic heterocycles. The molecule has 0 spiro atoms. The van der Waals surface area contributed by atoms with Gasteiger partial charge in [0.05, 0.1) is 4.90 Å². The predicted molar refractivity (Wildman–Crippen MR) is 84.3 cm³/mol. The number of benzene rings is 2. The van der Waals surface area contributed by atoms with E-state index in [1.54, 1.807) is 24.3 Å². The van der Waals surface area contributed by atoms with Gasteiger partial charge in [0.15, 0.2) is 9.84 Å². The van der Waals surface area contributed by atoms with Crippen LogP contribution in [-0.4, -0.2) is 14.7 Å². The zero-order chi connectivity index (χ0) is 14.8. The van der Waals surface area contributed by atoms with Crippen molar-refractivity contribution < 1.29 is 8.42 Å². The van der Waals surface area contributed by atoms with Crippen LogP contribution >= 0.6 is 15.9 Å². The van der Waals surface area contributed by atoms with Crippen LogP contribution in [0.3, 0.4) is 0 Å². The third kappa shape index (κ3) is 3.91. The van der Waals surface area contributed by atoms with Gasteiger partial charge in [-0.05, 0) is 41.8 Å². The van der Waals surface area contributed by atoms with Crippen molar-refractivity contribution in [1.82, 2.24) is 0 Å². The number of nitrogens with two attached hydrogens (primary N) is 1. The maximum Gasteiger partial charge on any atom is 0.175 e. The maximum atomic E-state index is 11.4. The molecule has 2 N–H and O–H groups in total. The first-order valence-corrected chi connectivity index (χ1v) is 8.85. The van der Waals surface area contributed by atoms with Crippen LogP contribution in [0, 0.1) is 0 Å². The van der Waals surface area contributed by atoms with Crippen LogP contribution in [0.1, 0.15) is 17.2 Å². The van der Waals surface area contributed by atoms with E-state index in [9.17, 15) is 8.42 Å². The van der Waals surface area contributed by atoms with Gasteiger partial charge in [-0.1, -0.05) is 40.2 Å². The molecule has 1 atom stereocenters. The molecule has 2 aromatic rings. The first-order valence-electron chi connectivity index (χ1n) is 6.16. The Bertz CT molecular complexity index is 679. The molecule has 0 saturated heterocycles. The van der Waals surface area contributed by atoms with E-state index >= 15 is 0 Å². The molecule has 106 valence electrons. The fourth-order valence-electron chi connectivity index (χ4n) is 1.95. The van der Waals surface area contributed by atoms with Crippen molar-refractivity contribution in [2.75, 3.05) is 6.26 Å². The van der Waals surface area contributed by atoms with E-state index in [1.165, 1.54) is 6.26 Å². The van der Waals surface area contributed by atoms with Gasteiger partial charge in [-0.15, -0.1) is 0 Å². The molecule has 2 aromatic carbocycles. The smallest absolute Gasteiger partial charge is 0.175 e. The molecule has 0 fully saturated rings. The average molecular weight is 354 g/mol. The van der Waals surface area contributed by atoms with Crippen molar-refractivity contribution >= 4 is 25.8 Å². The Hall–Kier alpha value is -1.17. The van der Waals surface area contributed by atoms with Crippen molar-refractivity contribution in [3.05, 3.63) is 64.1 Å². The Labute approximate surface area is 127 Å². The fourth-order valence-corrected chi connectivity index (χ4v) is 2.85. The summed E-state index contributed by atoms with van der Waals surface area (Å²) in [5.74, 6) is 0. The van der Waals surface area contributed by atoms with Gasteiger partial charge in [0.25, 0.3) is 0 Å². The fraction of sp³-hybridized carbons (Fsp3) is 0.200. The number of hydrogen-bond acceptors (Lipinski definition) is 3. The van der Waals surface area contributed by atoms with Crippen molar-refractivity contribution in [2.24, 2.45) is 5.73 Å². The molecule has 0 heterocycles. The summed E-state index contributed by atoms with van der Waals surface area (Å²) in [6.07, 6.45) is 1.91. The lowest BCUT2D eigenvalue weighted by atomic mass is 10.00. The van der Waals surface area contributed by atoms with E-state index in [4.69, 9.17) is 5.73 Å². The SMILES string of the molecule is CS(=O)(=O)c1ccc(C(N)Cc2ccc(Br)cc2)cc1. The summed E-state index contributed by atoms with van der Waals surface area (Å²) < 4.78 is 23.8. The molecule has 5 heteroatoms. The minimum atomic E-state index is -3.15. The number of halogens is 1. The summed E-state index contributed by atoms with van der Waals surface area (Å²) in [6, 6.07) is 14.6. The minimum absolute atomic E-state index is 0.148. The van der Waals surface area contributed by atoms with Crippen LogP contribution in [0.5, 0.6) is 0 Å². The highest BCUT2D eigenvalue weighted by Gasteiger charge is 2.10. The van der Waals surface area contributed by atoms with E-state index in [0.29, 0.717) is 11.3 Å². The lowest BCUT2D eigenvalue weighted by Gasteiger charge is -2.12. The molecular weight excluding hydrogens is 338 g/mol. The summed E-state index contributed by atoms with van der Waals surface area (Å²) in [5, 5.41) is 0. The number of sulfone groups is 1. The second-order valence-electron chi connectivity index (χ2n) is 4.78. The maximum absolute atomic E-state index is 11.4. The Morgan fingerprint density at radius 1 is 1.05 bits per heavy atom. The highest BCUT2D eigenvalue weighted by atomic mass is 79.9. The average Bonchev–Trinajstić information content (AvgIpc) is 2.40. The van der Waals surface area contributed by atoms with Crippen LogP contribution < -0.4 is 5.73 Å². The van der Waals surface area contributed by atoms with Crippen molar-refractivity contribution in [3.8, 4) is 0 Å².